The summed E-state index contributed by atoms with van der Waals surface area (Å²) < 4.78 is 7.27. The van der Waals surface area contributed by atoms with E-state index in [1.807, 2.05) is 42.7 Å². The van der Waals surface area contributed by atoms with Crippen molar-refractivity contribution in [1.82, 2.24) is 4.57 Å². The number of nitrogens with zero attached hydrogens (tertiary/aromatic N) is 1. The van der Waals surface area contributed by atoms with E-state index in [2.05, 4.69) is 0 Å². The molecule has 0 saturated carbocycles. The van der Waals surface area contributed by atoms with Crippen LogP contribution in [0, 0.1) is 6.92 Å². The van der Waals surface area contributed by atoms with Gasteiger partial charge in [0.2, 0.25) is 0 Å². The Kier molecular flexibility index (Phi) is 4.98. The highest BCUT2D eigenvalue weighted by atomic mass is 32.1. The molecule has 1 heterocycles. The van der Waals surface area contributed by atoms with Crippen LogP contribution in [0.5, 0.6) is 5.75 Å². The molecular formula is C15H20N2O2S. The first-order valence-corrected chi connectivity index (χ1v) is 7.62. The van der Waals surface area contributed by atoms with Gasteiger partial charge in [0, 0.05) is 11.4 Å². The fourth-order valence-corrected chi connectivity index (χ4v) is 3.08. The number of nitrogens with two attached hydrogens (primary N) is 1. The third-order valence-corrected chi connectivity index (χ3v) is 3.98. The predicted molar refractivity (Wildman–Crippen MR) is 83.6 cm³/mol. The highest BCUT2D eigenvalue weighted by Gasteiger charge is 2.13. The van der Waals surface area contributed by atoms with Crippen LogP contribution in [-0.4, -0.2) is 17.7 Å². The predicted octanol–water partition coefficient (Wildman–Crippen LogP) is 2.63. The van der Waals surface area contributed by atoms with Gasteiger partial charge in [-0.2, -0.15) is 0 Å². The van der Waals surface area contributed by atoms with Gasteiger partial charge in [-0.15, -0.1) is 0 Å². The van der Waals surface area contributed by atoms with E-state index in [0.29, 0.717) is 19.7 Å². The molecule has 0 unspecified atom stereocenters. The lowest BCUT2D eigenvalue weighted by molar-refractivity contribution is 0.340. The van der Waals surface area contributed by atoms with Crippen molar-refractivity contribution in [2.45, 2.75) is 26.8 Å². The standard InChI is InChI=1S/C15H20N2O2S/c1-3-19-13-7-5-12(6-8-13)14-11(2)20-15(18)17(14)10-4-9-16/h5-8H,3-4,9-10,16H2,1-2H3. The fourth-order valence-electron chi connectivity index (χ4n) is 2.20. The molecule has 0 aliphatic rings. The van der Waals surface area contributed by atoms with Crippen molar-refractivity contribution < 1.29 is 4.74 Å². The molecule has 2 N–H and O–H groups in total. The number of thiazole rings is 1. The van der Waals surface area contributed by atoms with Gasteiger partial charge in [-0.3, -0.25) is 9.36 Å². The minimum Gasteiger partial charge on any atom is -0.494 e. The van der Waals surface area contributed by atoms with E-state index in [-0.39, 0.29) is 4.87 Å². The summed E-state index contributed by atoms with van der Waals surface area (Å²) in [6.07, 6.45) is 0.806. The van der Waals surface area contributed by atoms with Gasteiger partial charge in [0.05, 0.1) is 12.3 Å². The SMILES string of the molecule is CCOc1ccc(-c2c(C)sc(=O)n2CCCN)cc1. The van der Waals surface area contributed by atoms with Gasteiger partial charge in [-0.1, -0.05) is 11.3 Å². The maximum atomic E-state index is 12.0. The third-order valence-electron chi connectivity index (χ3n) is 3.09. The van der Waals surface area contributed by atoms with Gasteiger partial charge < -0.3 is 10.5 Å². The molecule has 5 heteroatoms. The molecule has 0 aliphatic heterocycles. The van der Waals surface area contributed by atoms with E-state index in [9.17, 15) is 4.79 Å². The van der Waals surface area contributed by atoms with Gasteiger partial charge in [0.15, 0.2) is 0 Å². The summed E-state index contributed by atoms with van der Waals surface area (Å²) in [4.78, 5) is 13.1. The highest BCUT2D eigenvalue weighted by Crippen LogP contribution is 2.27. The average molecular weight is 292 g/mol. The summed E-state index contributed by atoms with van der Waals surface area (Å²) in [5, 5.41) is 0. The summed E-state index contributed by atoms with van der Waals surface area (Å²) >= 11 is 1.29. The molecule has 0 fully saturated rings. The molecule has 0 spiro atoms. The molecule has 1 aromatic carbocycles. The van der Waals surface area contributed by atoms with Crippen molar-refractivity contribution >= 4 is 11.3 Å². The van der Waals surface area contributed by atoms with Crippen molar-refractivity contribution in [3.8, 4) is 17.0 Å². The Bertz CT molecular complexity index is 614. The number of ether oxygens (including phenoxy) is 1. The summed E-state index contributed by atoms with van der Waals surface area (Å²) in [6.45, 7) is 5.85. The lowest BCUT2D eigenvalue weighted by atomic mass is 10.1. The molecule has 4 nitrogen and oxygen atoms in total. The van der Waals surface area contributed by atoms with Crippen LogP contribution in [-0.2, 0) is 6.54 Å². The lowest BCUT2D eigenvalue weighted by Crippen LogP contribution is -2.16. The second-order valence-electron chi connectivity index (χ2n) is 4.52. The number of aryl methyl sites for hydroxylation is 1. The second kappa shape index (κ2) is 6.72. The quantitative estimate of drug-likeness (QED) is 0.890. The van der Waals surface area contributed by atoms with E-state index in [4.69, 9.17) is 10.5 Å². The molecule has 0 radical (unpaired) electrons. The Morgan fingerprint density at radius 2 is 2.00 bits per heavy atom. The maximum Gasteiger partial charge on any atom is 0.307 e. The molecular weight excluding hydrogens is 272 g/mol. The minimum atomic E-state index is 0.0832. The molecule has 0 aliphatic carbocycles. The number of benzene rings is 1. The first kappa shape index (κ1) is 14.8. The molecule has 0 amide bonds. The molecule has 2 aromatic rings. The van der Waals surface area contributed by atoms with Crippen LogP contribution in [0.1, 0.15) is 18.2 Å². The first-order chi connectivity index (χ1) is 9.67. The summed E-state index contributed by atoms with van der Waals surface area (Å²) in [5.41, 5.74) is 7.59. The van der Waals surface area contributed by atoms with Crippen LogP contribution >= 0.6 is 11.3 Å². The Hall–Kier alpha value is -1.59. The number of hydrogen-bond acceptors (Lipinski definition) is 4. The Morgan fingerprint density at radius 3 is 2.60 bits per heavy atom. The van der Waals surface area contributed by atoms with Crippen LogP contribution in [0.2, 0.25) is 0 Å². The van der Waals surface area contributed by atoms with Crippen LogP contribution in [0.25, 0.3) is 11.3 Å². The maximum absolute atomic E-state index is 12.0. The van der Waals surface area contributed by atoms with Crippen molar-refractivity contribution in [3.63, 3.8) is 0 Å². The van der Waals surface area contributed by atoms with Gasteiger partial charge in [0.1, 0.15) is 5.75 Å². The summed E-state index contributed by atoms with van der Waals surface area (Å²) in [7, 11) is 0. The topological polar surface area (TPSA) is 57.2 Å². The summed E-state index contributed by atoms with van der Waals surface area (Å²) in [6, 6.07) is 7.87. The van der Waals surface area contributed by atoms with E-state index in [1.165, 1.54) is 11.3 Å². The zero-order valence-electron chi connectivity index (χ0n) is 11.9. The lowest BCUT2D eigenvalue weighted by Gasteiger charge is -2.09. The molecule has 0 bridgehead atoms. The number of hydrogen-bond donors (Lipinski definition) is 1. The number of rotatable bonds is 6. The molecule has 20 heavy (non-hydrogen) atoms. The molecule has 0 saturated heterocycles. The zero-order valence-corrected chi connectivity index (χ0v) is 12.7. The van der Waals surface area contributed by atoms with Crippen LogP contribution in [0.3, 0.4) is 0 Å². The van der Waals surface area contributed by atoms with Crippen molar-refractivity contribution in [2.75, 3.05) is 13.2 Å². The van der Waals surface area contributed by atoms with Crippen molar-refractivity contribution in [1.29, 1.82) is 0 Å². The second-order valence-corrected chi connectivity index (χ2v) is 5.69. The van der Waals surface area contributed by atoms with Gasteiger partial charge in [0.25, 0.3) is 0 Å². The van der Waals surface area contributed by atoms with Gasteiger partial charge in [-0.05, 0) is 56.6 Å². The monoisotopic (exact) mass is 292 g/mol. The fraction of sp³-hybridized carbons (Fsp3) is 0.400. The van der Waals surface area contributed by atoms with Gasteiger partial charge >= 0.3 is 4.87 Å². The van der Waals surface area contributed by atoms with Crippen LogP contribution < -0.4 is 15.3 Å². The largest absolute Gasteiger partial charge is 0.494 e. The molecule has 0 atom stereocenters. The van der Waals surface area contributed by atoms with Crippen molar-refractivity contribution in [2.24, 2.45) is 5.73 Å². The summed E-state index contributed by atoms with van der Waals surface area (Å²) in [5.74, 6) is 0.847. The normalized spacial score (nSPS) is 10.8. The Morgan fingerprint density at radius 1 is 1.30 bits per heavy atom. The van der Waals surface area contributed by atoms with Crippen molar-refractivity contribution in [3.05, 3.63) is 38.8 Å². The van der Waals surface area contributed by atoms with E-state index < -0.39 is 0 Å². The zero-order chi connectivity index (χ0) is 14.5. The Labute approximate surface area is 122 Å². The third kappa shape index (κ3) is 3.11. The van der Waals surface area contributed by atoms with E-state index in [1.54, 1.807) is 0 Å². The van der Waals surface area contributed by atoms with Crippen LogP contribution in [0.4, 0.5) is 0 Å². The molecule has 1 aromatic heterocycles. The van der Waals surface area contributed by atoms with E-state index >= 15 is 0 Å². The molecule has 108 valence electrons. The highest BCUT2D eigenvalue weighted by molar-refractivity contribution is 7.09. The minimum absolute atomic E-state index is 0.0832. The van der Waals surface area contributed by atoms with E-state index in [0.717, 1.165) is 28.3 Å². The molecule has 2 rings (SSSR count). The number of aromatic nitrogens is 1. The van der Waals surface area contributed by atoms with Crippen LogP contribution in [0.15, 0.2) is 29.1 Å². The first-order valence-electron chi connectivity index (χ1n) is 6.81. The average Bonchev–Trinajstić information content (AvgIpc) is 2.72. The Balaban J connectivity index is 2.38. The smallest absolute Gasteiger partial charge is 0.307 e. The van der Waals surface area contributed by atoms with Gasteiger partial charge in [-0.25, -0.2) is 0 Å².